The highest BCUT2D eigenvalue weighted by atomic mass is 32.1. The van der Waals surface area contributed by atoms with E-state index in [9.17, 15) is 4.79 Å². The van der Waals surface area contributed by atoms with Crippen LogP contribution in [0.25, 0.3) is 75.5 Å². The molecule has 1 aliphatic rings. The molecule has 9 rings (SSSR count). The molecule has 49 heavy (non-hydrogen) atoms. The predicted octanol–water partition coefficient (Wildman–Crippen LogP) is 10.6. The van der Waals surface area contributed by atoms with Crippen LogP contribution in [0.2, 0.25) is 0 Å². The highest BCUT2D eigenvalue weighted by Gasteiger charge is 2.51. The van der Waals surface area contributed by atoms with Crippen LogP contribution in [0.15, 0.2) is 137 Å². The quantitative estimate of drug-likeness (QED) is 0.140. The number of benzene rings is 6. The monoisotopic (exact) mass is 656 g/mol. The molecule has 2 aromatic heterocycles. The fourth-order valence-electron chi connectivity index (χ4n) is 6.84. The second-order valence-electron chi connectivity index (χ2n) is 14.0. The van der Waals surface area contributed by atoms with Gasteiger partial charge in [-0.3, -0.25) is 4.79 Å². The molecule has 3 heterocycles. The van der Waals surface area contributed by atoms with Crippen molar-refractivity contribution in [2.75, 3.05) is 0 Å². The molecule has 6 aromatic carbocycles. The minimum absolute atomic E-state index is 0.0340. The van der Waals surface area contributed by atoms with Crippen molar-refractivity contribution in [3.8, 4) is 33.4 Å². The Morgan fingerprint density at radius 2 is 1.00 bits per heavy atom. The molecule has 0 atom stereocenters. The SMILES string of the molecule is CC1(C)OB(c2cccc(-c3cccc(-c4ccc5oc6ccc(-c7ccc8sc9ccccc9c8c7)cc6c(=O)c5c4)c3)c2)OC1(C)C. The molecule has 1 saturated heterocycles. The molecule has 0 bridgehead atoms. The minimum atomic E-state index is -0.429. The van der Waals surface area contributed by atoms with E-state index < -0.39 is 18.3 Å². The maximum absolute atomic E-state index is 14.1. The van der Waals surface area contributed by atoms with Crippen LogP contribution in [0, 0.1) is 0 Å². The second kappa shape index (κ2) is 11.0. The fourth-order valence-corrected chi connectivity index (χ4v) is 7.93. The van der Waals surface area contributed by atoms with E-state index in [1.165, 1.54) is 20.2 Å². The van der Waals surface area contributed by atoms with Crippen LogP contribution in [0.4, 0.5) is 0 Å². The van der Waals surface area contributed by atoms with Gasteiger partial charge in [-0.1, -0.05) is 78.9 Å². The molecule has 0 radical (unpaired) electrons. The molecule has 8 aromatic rings. The van der Waals surface area contributed by atoms with E-state index in [1.54, 1.807) is 11.3 Å². The van der Waals surface area contributed by atoms with Crippen LogP contribution < -0.4 is 10.9 Å². The van der Waals surface area contributed by atoms with Gasteiger partial charge in [0.1, 0.15) is 11.2 Å². The summed E-state index contributed by atoms with van der Waals surface area (Å²) < 4.78 is 21.5. The van der Waals surface area contributed by atoms with Gasteiger partial charge in [0.15, 0.2) is 0 Å². The largest absolute Gasteiger partial charge is 0.494 e. The Hall–Kier alpha value is -5.01. The van der Waals surface area contributed by atoms with E-state index in [-0.39, 0.29) is 5.43 Å². The minimum Gasteiger partial charge on any atom is -0.456 e. The Morgan fingerprint density at radius 1 is 0.490 bits per heavy atom. The highest BCUT2D eigenvalue weighted by molar-refractivity contribution is 7.25. The van der Waals surface area contributed by atoms with Gasteiger partial charge in [0.05, 0.1) is 22.0 Å². The molecule has 0 N–H and O–H groups in total. The Labute approximate surface area is 288 Å². The summed E-state index contributed by atoms with van der Waals surface area (Å²) in [6, 6.07) is 43.6. The third kappa shape index (κ3) is 5.02. The van der Waals surface area contributed by atoms with Crippen molar-refractivity contribution in [1.29, 1.82) is 0 Å². The highest BCUT2D eigenvalue weighted by Crippen LogP contribution is 2.38. The summed E-state index contributed by atoms with van der Waals surface area (Å²) in [6.45, 7) is 8.27. The van der Waals surface area contributed by atoms with Gasteiger partial charge >= 0.3 is 7.12 Å². The normalized spacial score (nSPS) is 15.6. The molecule has 0 unspecified atom stereocenters. The maximum Gasteiger partial charge on any atom is 0.494 e. The van der Waals surface area contributed by atoms with Gasteiger partial charge in [0, 0.05) is 20.2 Å². The zero-order chi connectivity index (χ0) is 33.5. The summed E-state index contributed by atoms with van der Waals surface area (Å²) in [6.07, 6.45) is 0. The number of fused-ring (bicyclic) bond motifs is 5. The van der Waals surface area contributed by atoms with Crippen LogP contribution in [-0.2, 0) is 9.31 Å². The van der Waals surface area contributed by atoms with Gasteiger partial charge in [-0.05, 0) is 115 Å². The molecule has 1 aliphatic heterocycles. The van der Waals surface area contributed by atoms with E-state index in [4.69, 9.17) is 13.7 Å². The molecule has 4 nitrogen and oxygen atoms in total. The lowest BCUT2D eigenvalue weighted by Crippen LogP contribution is -2.41. The second-order valence-corrected chi connectivity index (χ2v) is 15.0. The maximum atomic E-state index is 14.1. The van der Waals surface area contributed by atoms with Gasteiger partial charge in [0.25, 0.3) is 0 Å². The molecule has 0 amide bonds. The first kappa shape index (κ1) is 30.1. The number of thiophene rings is 1. The summed E-state index contributed by atoms with van der Waals surface area (Å²) in [5, 5.41) is 3.63. The van der Waals surface area contributed by atoms with Gasteiger partial charge in [-0.15, -0.1) is 11.3 Å². The first-order chi connectivity index (χ1) is 23.6. The molecule has 0 spiro atoms. The molecule has 0 saturated carbocycles. The van der Waals surface area contributed by atoms with E-state index in [2.05, 4.69) is 113 Å². The van der Waals surface area contributed by atoms with Crippen molar-refractivity contribution in [1.82, 2.24) is 0 Å². The first-order valence-corrected chi connectivity index (χ1v) is 17.4. The molecular formula is C43H33BO4S. The van der Waals surface area contributed by atoms with Crippen molar-refractivity contribution < 1.29 is 13.7 Å². The summed E-state index contributed by atoms with van der Waals surface area (Å²) >= 11 is 1.80. The average Bonchev–Trinajstić information content (AvgIpc) is 3.60. The van der Waals surface area contributed by atoms with E-state index >= 15 is 0 Å². The van der Waals surface area contributed by atoms with E-state index in [0.29, 0.717) is 21.9 Å². The van der Waals surface area contributed by atoms with Crippen LogP contribution >= 0.6 is 11.3 Å². The van der Waals surface area contributed by atoms with Crippen LogP contribution in [-0.4, -0.2) is 18.3 Å². The Morgan fingerprint density at radius 3 is 1.65 bits per heavy atom. The topological polar surface area (TPSA) is 48.7 Å². The smallest absolute Gasteiger partial charge is 0.456 e. The summed E-state index contributed by atoms with van der Waals surface area (Å²) in [5.41, 5.74) is 7.48. The van der Waals surface area contributed by atoms with Crippen molar-refractivity contribution in [2.24, 2.45) is 0 Å². The molecule has 238 valence electrons. The Kier molecular flexibility index (Phi) is 6.76. The van der Waals surface area contributed by atoms with Gasteiger partial charge < -0.3 is 13.7 Å². The lowest BCUT2D eigenvalue weighted by molar-refractivity contribution is 0.00578. The van der Waals surface area contributed by atoms with Crippen LogP contribution in [0.5, 0.6) is 0 Å². The summed E-state index contributed by atoms with van der Waals surface area (Å²) in [4.78, 5) is 14.1. The van der Waals surface area contributed by atoms with Crippen molar-refractivity contribution in [2.45, 2.75) is 38.9 Å². The number of rotatable bonds is 4. The lowest BCUT2D eigenvalue weighted by atomic mass is 9.78. The Balaban J connectivity index is 1.08. The van der Waals surface area contributed by atoms with E-state index in [0.717, 1.165) is 38.8 Å². The van der Waals surface area contributed by atoms with Gasteiger partial charge in [0.2, 0.25) is 5.43 Å². The summed E-state index contributed by atoms with van der Waals surface area (Å²) in [7, 11) is -0.429. The molecule has 0 aliphatic carbocycles. The van der Waals surface area contributed by atoms with Crippen molar-refractivity contribution in [3.05, 3.63) is 138 Å². The van der Waals surface area contributed by atoms with E-state index in [1.807, 2.05) is 42.5 Å². The Bertz CT molecular complexity index is 2650. The zero-order valence-corrected chi connectivity index (χ0v) is 28.6. The van der Waals surface area contributed by atoms with Crippen molar-refractivity contribution in [3.63, 3.8) is 0 Å². The average molecular weight is 657 g/mol. The third-order valence-corrected chi connectivity index (χ3v) is 11.5. The predicted molar refractivity (Wildman–Crippen MR) is 205 cm³/mol. The fraction of sp³-hybridized carbons (Fsp3) is 0.140. The van der Waals surface area contributed by atoms with Crippen LogP contribution in [0.3, 0.4) is 0 Å². The molecule has 6 heteroatoms. The molecular weight excluding hydrogens is 623 g/mol. The zero-order valence-electron chi connectivity index (χ0n) is 27.7. The first-order valence-electron chi connectivity index (χ1n) is 16.6. The lowest BCUT2D eigenvalue weighted by Gasteiger charge is -2.32. The standard InChI is InChI=1S/C43H33BO4S/c1-42(2)43(3,4)48-44(47-42)32-12-8-11-28(22-32)26-9-7-10-27(21-26)29-15-18-37-35(24-29)41(45)36-25-30(16-19-38(36)46-37)31-17-20-40-34(23-31)33-13-5-6-14-39(33)49-40/h5-25H,1-4H3. The van der Waals surface area contributed by atoms with Gasteiger partial charge in [-0.25, -0.2) is 0 Å². The van der Waals surface area contributed by atoms with Gasteiger partial charge in [-0.2, -0.15) is 0 Å². The van der Waals surface area contributed by atoms with Crippen LogP contribution in [0.1, 0.15) is 27.7 Å². The number of hydrogen-bond donors (Lipinski definition) is 0. The van der Waals surface area contributed by atoms with Crippen molar-refractivity contribution >= 4 is 66.0 Å². The number of hydrogen-bond acceptors (Lipinski definition) is 5. The molecule has 1 fully saturated rings. The third-order valence-electron chi connectivity index (χ3n) is 10.3. The summed E-state index contributed by atoms with van der Waals surface area (Å²) in [5.74, 6) is 0.